The molecule has 6 heteroatoms. The summed E-state index contributed by atoms with van der Waals surface area (Å²) in [6.07, 6.45) is 2.85. The normalized spacial score (nSPS) is 12.0. The topological polar surface area (TPSA) is 91.0 Å². The average molecular weight is 236 g/mol. The van der Waals surface area contributed by atoms with Gasteiger partial charge in [-0.05, 0) is 19.8 Å². The highest BCUT2D eigenvalue weighted by Crippen LogP contribution is 2.26. The lowest BCUT2D eigenvalue weighted by molar-refractivity contribution is 0.348. The van der Waals surface area contributed by atoms with Gasteiger partial charge < -0.3 is 14.7 Å². The van der Waals surface area contributed by atoms with Gasteiger partial charge in [-0.1, -0.05) is 19.0 Å². The molecule has 6 nitrogen and oxygen atoms in total. The highest BCUT2D eigenvalue weighted by molar-refractivity contribution is 5.46. The third-order valence-electron chi connectivity index (χ3n) is 3.07. The number of nitrogens with two attached hydrogens (primary N) is 1. The molecular weight excluding hydrogens is 220 g/mol. The number of aryl methyl sites for hydroxylation is 1. The summed E-state index contributed by atoms with van der Waals surface area (Å²) in [6, 6.07) is 0. The summed E-state index contributed by atoms with van der Waals surface area (Å²) in [7, 11) is 0. The van der Waals surface area contributed by atoms with Gasteiger partial charge in [0.15, 0.2) is 12.2 Å². The standard InChI is InChI=1S/C11H16N4O2/c1-4-11(12,5-2)10-14-9(17-15-10)8-7(3)13-6-16-8/h6H,4-5,12H2,1-3H3. The molecule has 0 amide bonds. The minimum Gasteiger partial charge on any atom is -0.438 e. The molecule has 0 aromatic carbocycles. The van der Waals surface area contributed by atoms with Gasteiger partial charge in [-0.2, -0.15) is 4.98 Å². The van der Waals surface area contributed by atoms with Gasteiger partial charge >= 0.3 is 0 Å². The van der Waals surface area contributed by atoms with Crippen LogP contribution in [0.5, 0.6) is 0 Å². The van der Waals surface area contributed by atoms with Crippen molar-refractivity contribution in [3.05, 3.63) is 17.9 Å². The molecule has 92 valence electrons. The Hall–Kier alpha value is -1.69. The van der Waals surface area contributed by atoms with Gasteiger partial charge in [0.25, 0.3) is 5.89 Å². The second-order valence-electron chi connectivity index (χ2n) is 4.05. The van der Waals surface area contributed by atoms with E-state index in [2.05, 4.69) is 15.1 Å². The Bertz CT molecular complexity index is 499. The van der Waals surface area contributed by atoms with E-state index in [0.29, 0.717) is 17.5 Å². The van der Waals surface area contributed by atoms with Gasteiger partial charge in [0.05, 0.1) is 11.2 Å². The van der Waals surface area contributed by atoms with E-state index in [0.717, 1.165) is 18.5 Å². The first-order chi connectivity index (χ1) is 8.10. The highest BCUT2D eigenvalue weighted by atomic mass is 16.5. The van der Waals surface area contributed by atoms with Crippen molar-refractivity contribution in [3.8, 4) is 11.7 Å². The molecule has 0 aliphatic rings. The molecule has 2 N–H and O–H groups in total. The second kappa shape index (κ2) is 4.29. The smallest absolute Gasteiger partial charge is 0.295 e. The van der Waals surface area contributed by atoms with Crippen molar-refractivity contribution in [1.29, 1.82) is 0 Å². The first-order valence-corrected chi connectivity index (χ1v) is 5.64. The number of oxazole rings is 1. The van der Waals surface area contributed by atoms with Crippen LogP contribution in [-0.2, 0) is 5.54 Å². The van der Waals surface area contributed by atoms with E-state index in [4.69, 9.17) is 14.7 Å². The van der Waals surface area contributed by atoms with Crippen LogP contribution in [0.2, 0.25) is 0 Å². The fraction of sp³-hybridized carbons (Fsp3) is 0.545. The van der Waals surface area contributed by atoms with E-state index in [1.807, 2.05) is 20.8 Å². The van der Waals surface area contributed by atoms with Crippen LogP contribution in [-0.4, -0.2) is 15.1 Å². The summed E-state index contributed by atoms with van der Waals surface area (Å²) in [4.78, 5) is 8.27. The molecular formula is C11H16N4O2. The van der Waals surface area contributed by atoms with Crippen LogP contribution in [0.15, 0.2) is 15.3 Å². The lowest BCUT2D eigenvalue weighted by atomic mass is 9.93. The largest absolute Gasteiger partial charge is 0.438 e. The summed E-state index contributed by atoms with van der Waals surface area (Å²) >= 11 is 0. The van der Waals surface area contributed by atoms with Crippen LogP contribution in [0.25, 0.3) is 11.7 Å². The Morgan fingerprint density at radius 2 is 2.06 bits per heavy atom. The number of rotatable bonds is 4. The highest BCUT2D eigenvalue weighted by Gasteiger charge is 2.30. The van der Waals surface area contributed by atoms with Crippen molar-refractivity contribution >= 4 is 0 Å². The SMILES string of the molecule is CCC(N)(CC)c1noc(-c2ocnc2C)n1. The Morgan fingerprint density at radius 1 is 1.35 bits per heavy atom. The Balaban J connectivity index is 2.37. The first-order valence-electron chi connectivity index (χ1n) is 5.64. The Labute approximate surface area is 99.2 Å². The third-order valence-corrected chi connectivity index (χ3v) is 3.07. The molecule has 0 saturated carbocycles. The Kier molecular flexibility index (Phi) is 2.97. The molecule has 0 saturated heterocycles. The van der Waals surface area contributed by atoms with Crippen LogP contribution in [0.4, 0.5) is 0 Å². The molecule has 0 bridgehead atoms. The van der Waals surface area contributed by atoms with E-state index in [1.165, 1.54) is 6.39 Å². The molecule has 0 unspecified atom stereocenters. The molecule has 2 rings (SSSR count). The maximum Gasteiger partial charge on any atom is 0.295 e. The minimum absolute atomic E-state index is 0.326. The van der Waals surface area contributed by atoms with Gasteiger partial charge in [0.1, 0.15) is 0 Å². The molecule has 0 aliphatic heterocycles. The lowest BCUT2D eigenvalue weighted by Crippen LogP contribution is -2.36. The van der Waals surface area contributed by atoms with Gasteiger partial charge in [0, 0.05) is 0 Å². The molecule has 0 fully saturated rings. The quantitative estimate of drug-likeness (QED) is 0.873. The molecule has 2 aromatic heterocycles. The first kappa shape index (κ1) is 11.8. The Morgan fingerprint density at radius 3 is 2.59 bits per heavy atom. The molecule has 0 atom stereocenters. The van der Waals surface area contributed by atoms with E-state index >= 15 is 0 Å². The van der Waals surface area contributed by atoms with Crippen LogP contribution < -0.4 is 5.73 Å². The molecule has 2 heterocycles. The molecule has 0 spiro atoms. The fourth-order valence-corrected chi connectivity index (χ4v) is 1.59. The van der Waals surface area contributed by atoms with Gasteiger partial charge in [-0.3, -0.25) is 0 Å². The van der Waals surface area contributed by atoms with Crippen LogP contribution >= 0.6 is 0 Å². The zero-order valence-corrected chi connectivity index (χ0v) is 10.2. The predicted octanol–water partition coefficient (Wildman–Crippen LogP) is 2.01. The summed E-state index contributed by atoms with van der Waals surface area (Å²) in [5.74, 6) is 1.33. The van der Waals surface area contributed by atoms with Crippen LogP contribution in [0, 0.1) is 6.92 Å². The average Bonchev–Trinajstić information content (AvgIpc) is 2.96. The zero-order valence-electron chi connectivity index (χ0n) is 10.2. The van der Waals surface area contributed by atoms with Crippen molar-refractivity contribution in [2.75, 3.05) is 0 Å². The molecule has 0 aliphatic carbocycles. The number of hydrogen-bond acceptors (Lipinski definition) is 6. The van der Waals surface area contributed by atoms with E-state index in [9.17, 15) is 0 Å². The van der Waals surface area contributed by atoms with Gasteiger partial charge in [-0.25, -0.2) is 4.98 Å². The van der Waals surface area contributed by atoms with E-state index in [-0.39, 0.29) is 0 Å². The maximum absolute atomic E-state index is 6.19. The second-order valence-corrected chi connectivity index (χ2v) is 4.05. The zero-order chi connectivity index (χ0) is 12.5. The third kappa shape index (κ3) is 1.95. The molecule has 0 radical (unpaired) electrons. The summed E-state index contributed by atoms with van der Waals surface area (Å²) in [5.41, 5.74) is 6.36. The van der Waals surface area contributed by atoms with E-state index in [1.54, 1.807) is 0 Å². The molecule has 17 heavy (non-hydrogen) atoms. The number of nitrogens with zero attached hydrogens (tertiary/aromatic N) is 3. The van der Waals surface area contributed by atoms with Crippen molar-refractivity contribution < 1.29 is 8.94 Å². The van der Waals surface area contributed by atoms with Crippen LogP contribution in [0.3, 0.4) is 0 Å². The maximum atomic E-state index is 6.19. The van der Waals surface area contributed by atoms with Crippen molar-refractivity contribution in [2.45, 2.75) is 39.2 Å². The summed E-state index contributed by atoms with van der Waals surface area (Å²) in [5, 5.41) is 3.93. The number of hydrogen-bond donors (Lipinski definition) is 1. The predicted molar refractivity (Wildman–Crippen MR) is 61.0 cm³/mol. The van der Waals surface area contributed by atoms with Crippen molar-refractivity contribution in [2.24, 2.45) is 5.73 Å². The monoisotopic (exact) mass is 236 g/mol. The van der Waals surface area contributed by atoms with Crippen LogP contribution in [0.1, 0.15) is 38.2 Å². The molecule has 2 aromatic rings. The lowest BCUT2D eigenvalue weighted by Gasteiger charge is -2.21. The summed E-state index contributed by atoms with van der Waals surface area (Å²) in [6.45, 7) is 5.82. The fourth-order valence-electron chi connectivity index (χ4n) is 1.59. The summed E-state index contributed by atoms with van der Waals surface area (Å²) < 4.78 is 10.4. The van der Waals surface area contributed by atoms with Gasteiger partial charge in [0.2, 0.25) is 5.76 Å². The van der Waals surface area contributed by atoms with Gasteiger partial charge in [-0.15, -0.1) is 0 Å². The van der Waals surface area contributed by atoms with Crippen molar-refractivity contribution in [3.63, 3.8) is 0 Å². The minimum atomic E-state index is -0.546. The number of aromatic nitrogens is 3. The van der Waals surface area contributed by atoms with E-state index < -0.39 is 5.54 Å². The van der Waals surface area contributed by atoms with Crippen molar-refractivity contribution in [1.82, 2.24) is 15.1 Å².